The lowest BCUT2D eigenvalue weighted by Gasteiger charge is -2.32. The normalized spacial score (nSPS) is 17.1. The molecule has 2 rings (SSSR count). The van der Waals surface area contributed by atoms with Crippen LogP contribution in [0.25, 0.3) is 0 Å². The van der Waals surface area contributed by atoms with Gasteiger partial charge in [-0.25, -0.2) is 0 Å². The lowest BCUT2D eigenvalue weighted by atomic mass is 10.1. The fraction of sp³-hybridized carbons (Fsp3) is 0.467. The Balaban J connectivity index is 1.94. The van der Waals surface area contributed by atoms with Gasteiger partial charge in [-0.05, 0) is 5.56 Å². The molecule has 6 nitrogen and oxygen atoms in total. The molecular weight excluding hydrogens is 274 g/mol. The number of carboxylic acids is 1. The summed E-state index contributed by atoms with van der Waals surface area (Å²) < 4.78 is 10.5. The van der Waals surface area contributed by atoms with Crippen LogP contribution in [0.5, 0.6) is 0 Å². The van der Waals surface area contributed by atoms with Gasteiger partial charge in [-0.3, -0.25) is 14.5 Å². The summed E-state index contributed by atoms with van der Waals surface area (Å²) in [5, 5.41) is 8.98. The van der Waals surface area contributed by atoms with Crippen LogP contribution in [-0.2, 0) is 25.7 Å². The highest BCUT2D eigenvalue weighted by Crippen LogP contribution is 2.11. The molecule has 0 bridgehead atoms. The van der Waals surface area contributed by atoms with E-state index in [4.69, 9.17) is 14.6 Å². The van der Waals surface area contributed by atoms with E-state index in [1.165, 1.54) is 0 Å². The Morgan fingerprint density at radius 1 is 1.24 bits per heavy atom. The van der Waals surface area contributed by atoms with E-state index in [-0.39, 0.29) is 13.0 Å². The summed E-state index contributed by atoms with van der Waals surface area (Å²) in [6.07, 6.45) is -0.256. The largest absolute Gasteiger partial charge is 0.481 e. The molecule has 0 aromatic heterocycles. The van der Waals surface area contributed by atoms with Crippen LogP contribution in [0.15, 0.2) is 30.3 Å². The van der Waals surface area contributed by atoms with Crippen molar-refractivity contribution in [2.75, 3.05) is 26.3 Å². The molecule has 1 aromatic rings. The smallest absolute Gasteiger partial charge is 0.324 e. The number of ether oxygens (including phenoxy) is 2. The second-order valence-corrected chi connectivity index (χ2v) is 4.86. The summed E-state index contributed by atoms with van der Waals surface area (Å²) in [6, 6.07) is 8.56. The number of carboxylic acid groups (broad SMARTS) is 1. The number of esters is 1. The molecule has 0 aliphatic carbocycles. The number of rotatable bonds is 6. The van der Waals surface area contributed by atoms with Gasteiger partial charge >= 0.3 is 11.9 Å². The predicted octanol–water partition coefficient (Wildman–Crippen LogP) is 0.905. The first kappa shape index (κ1) is 15.5. The van der Waals surface area contributed by atoms with Gasteiger partial charge < -0.3 is 14.6 Å². The van der Waals surface area contributed by atoms with Gasteiger partial charge in [0.15, 0.2) is 0 Å². The van der Waals surface area contributed by atoms with Gasteiger partial charge in [0, 0.05) is 13.1 Å². The molecule has 1 atom stereocenters. The summed E-state index contributed by atoms with van der Waals surface area (Å²) in [5.41, 5.74) is 0.877. The topological polar surface area (TPSA) is 76.1 Å². The van der Waals surface area contributed by atoms with Crippen molar-refractivity contribution in [2.24, 2.45) is 0 Å². The van der Waals surface area contributed by atoms with Crippen molar-refractivity contribution in [3.63, 3.8) is 0 Å². The Hall–Kier alpha value is -1.92. The molecule has 0 amide bonds. The van der Waals surface area contributed by atoms with Crippen molar-refractivity contribution in [2.45, 2.75) is 19.1 Å². The number of morpholine rings is 1. The van der Waals surface area contributed by atoms with Crippen molar-refractivity contribution in [3.05, 3.63) is 35.9 Å². The van der Waals surface area contributed by atoms with Crippen LogP contribution in [0.2, 0.25) is 0 Å². The highest BCUT2D eigenvalue weighted by atomic mass is 16.5. The third-order valence-electron chi connectivity index (χ3n) is 3.35. The second-order valence-electron chi connectivity index (χ2n) is 4.86. The molecule has 0 unspecified atom stereocenters. The third-order valence-corrected chi connectivity index (χ3v) is 3.35. The van der Waals surface area contributed by atoms with Crippen LogP contribution >= 0.6 is 0 Å². The van der Waals surface area contributed by atoms with E-state index in [2.05, 4.69) is 0 Å². The summed E-state index contributed by atoms with van der Waals surface area (Å²) in [7, 11) is 0. The molecule has 0 saturated carbocycles. The molecule has 1 N–H and O–H groups in total. The van der Waals surface area contributed by atoms with Crippen LogP contribution < -0.4 is 0 Å². The zero-order valence-corrected chi connectivity index (χ0v) is 11.7. The van der Waals surface area contributed by atoms with Gasteiger partial charge in [-0.15, -0.1) is 0 Å². The summed E-state index contributed by atoms with van der Waals surface area (Å²) in [5.74, 6) is -1.51. The van der Waals surface area contributed by atoms with Gasteiger partial charge in [0.2, 0.25) is 0 Å². The summed E-state index contributed by atoms with van der Waals surface area (Å²) in [6.45, 7) is 2.24. The van der Waals surface area contributed by atoms with Gasteiger partial charge in [0.05, 0.1) is 19.6 Å². The maximum atomic E-state index is 12.2. The maximum Gasteiger partial charge on any atom is 0.324 e. The first-order chi connectivity index (χ1) is 10.2. The monoisotopic (exact) mass is 293 g/mol. The number of carbonyl (C=O) groups excluding carboxylic acids is 1. The molecule has 6 heteroatoms. The Morgan fingerprint density at radius 2 is 1.90 bits per heavy atom. The lowest BCUT2D eigenvalue weighted by molar-refractivity contribution is -0.157. The molecule has 1 aliphatic rings. The molecule has 0 spiro atoms. The van der Waals surface area contributed by atoms with E-state index in [1.54, 1.807) is 0 Å². The average Bonchev–Trinajstić information content (AvgIpc) is 2.52. The minimum atomic E-state index is -1.01. The Kier molecular flexibility index (Phi) is 5.71. The lowest BCUT2D eigenvalue weighted by Crippen LogP contribution is -2.48. The highest BCUT2D eigenvalue weighted by molar-refractivity contribution is 5.82. The molecular formula is C15H19NO5. The number of aliphatic carboxylic acids is 1. The van der Waals surface area contributed by atoms with E-state index in [1.807, 2.05) is 35.2 Å². The molecule has 114 valence electrons. The summed E-state index contributed by atoms with van der Waals surface area (Å²) >= 11 is 0. The number of hydrogen-bond acceptors (Lipinski definition) is 5. The van der Waals surface area contributed by atoms with E-state index in [0.717, 1.165) is 5.56 Å². The average molecular weight is 293 g/mol. The number of nitrogens with zero attached hydrogens (tertiary/aromatic N) is 1. The molecule has 1 fully saturated rings. The maximum absolute atomic E-state index is 12.2. The predicted molar refractivity (Wildman–Crippen MR) is 74.7 cm³/mol. The van der Waals surface area contributed by atoms with E-state index in [9.17, 15) is 9.59 Å². The fourth-order valence-electron chi connectivity index (χ4n) is 2.24. The molecule has 0 radical (unpaired) electrons. The minimum Gasteiger partial charge on any atom is -0.481 e. The van der Waals surface area contributed by atoms with Gasteiger partial charge in [-0.1, -0.05) is 30.3 Å². The fourth-order valence-corrected chi connectivity index (χ4v) is 2.24. The standard InChI is InChI=1S/C15H19NO5/c17-14(18)10-13(16-6-8-20-9-7-16)15(19)21-11-12-4-2-1-3-5-12/h1-5,13H,6-11H2,(H,17,18)/t13-/m0/s1. The SMILES string of the molecule is O=C(O)C[C@@H](C(=O)OCc1ccccc1)N1CCOCC1. The Labute approximate surface area is 123 Å². The van der Waals surface area contributed by atoms with Crippen molar-refractivity contribution < 1.29 is 24.2 Å². The molecule has 1 saturated heterocycles. The zero-order valence-electron chi connectivity index (χ0n) is 11.7. The third kappa shape index (κ3) is 4.84. The molecule has 21 heavy (non-hydrogen) atoms. The van der Waals surface area contributed by atoms with Crippen molar-refractivity contribution in [1.82, 2.24) is 4.90 Å². The van der Waals surface area contributed by atoms with E-state index >= 15 is 0 Å². The van der Waals surface area contributed by atoms with E-state index in [0.29, 0.717) is 26.3 Å². The zero-order chi connectivity index (χ0) is 15.1. The highest BCUT2D eigenvalue weighted by Gasteiger charge is 2.30. The minimum absolute atomic E-state index is 0.153. The van der Waals surface area contributed by atoms with Crippen LogP contribution in [0, 0.1) is 0 Å². The summed E-state index contributed by atoms with van der Waals surface area (Å²) in [4.78, 5) is 25.0. The molecule has 1 aromatic carbocycles. The van der Waals surface area contributed by atoms with E-state index < -0.39 is 18.0 Å². The Morgan fingerprint density at radius 3 is 2.52 bits per heavy atom. The Bertz CT molecular complexity index is 470. The van der Waals surface area contributed by atoms with Crippen molar-refractivity contribution in [1.29, 1.82) is 0 Å². The van der Waals surface area contributed by atoms with Gasteiger partial charge in [0.25, 0.3) is 0 Å². The molecule has 1 aliphatic heterocycles. The number of hydrogen-bond donors (Lipinski definition) is 1. The first-order valence-corrected chi connectivity index (χ1v) is 6.91. The number of benzene rings is 1. The van der Waals surface area contributed by atoms with Gasteiger partial charge in [-0.2, -0.15) is 0 Å². The first-order valence-electron chi connectivity index (χ1n) is 6.91. The van der Waals surface area contributed by atoms with Crippen LogP contribution in [0.1, 0.15) is 12.0 Å². The van der Waals surface area contributed by atoms with Crippen LogP contribution in [-0.4, -0.2) is 54.3 Å². The van der Waals surface area contributed by atoms with Crippen LogP contribution in [0.4, 0.5) is 0 Å². The second kappa shape index (κ2) is 7.75. The van der Waals surface area contributed by atoms with Crippen molar-refractivity contribution >= 4 is 11.9 Å². The van der Waals surface area contributed by atoms with Crippen molar-refractivity contribution in [3.8, 4) is 0 Å². The van der Waals surface area contributed by atoms with Crippen LogP contribution in [0.3, 0.4) is 0 Å². The molecule has 1 heterocycles. The van der Waals surface area contributed by atoms with Gasteiger partial charge in [0.1, 0.15) is 12.6 Å². The number of carbonyl (C=O) groups is 2. The quantitative estimate of drug-likeness (QED) is 0.786.